The predicted octanol–water partition coefficient (Wildman–Crippen LogP) is 4.31. The monoisotopic (exact) mass is 496 g/mol. The SMILES string of the molecule is C#Cc1ccc(C(C(=O)NC(C)CCC)N(CC#N)C(=O)C(NC(=O)OC(C)(C)C)C(C)CC)cc1. The van der Waals surface area contributed by atoms with E-state index in [-0.39, 0.29) is 18.5 Å². The van der Waals surface area contributed by atoms with Crippen LogP contribution in [0.2, 0.25) is 0 Å². The molecule has 0 fully saturated rings. The van der Waals surface area contributed by atoms with E-state index in [1.165, 1.54) is 4.90 Å². The summed E-state index contributed by atoms with van der Waals surface area (Å²) in [5.74, 6) is 1.30. The molecule has 8 nitrogen and oxygen atoms in total. The summed E-state index contributed by atoms with van der Waals surface area (Å²) >= 11 is 0. The van der Waals surface area contributed by atoms with Crippen molar-refractivity contribution in [2.24, 2.45) is 5.92 Å². The van der Waals surface area contributed by atoms with Crippen LogP contribution < -0.4 is 10.6 Å². The van der Waals surface area contributed by atoms with E-state index in [1.54, 1.807) is 45.0 Å². The van der Waals surface area contributed by atoms with E-state index in [4.69, 9.17) is 11.2 Å². The van der Waals surface area contributed by atoms with E-state index in [0.29, 0.717) is 17.5 Å². The fourth-order valence-corrected chi connectivity index (χ4v) is 3.73. The zero-order valence-corrected chi connectivity index (χ0v) is 22.6. The maximum atomic E-state index is 13.9. The van der Waals surface area contributed by atoms with E-state index in [2.05, 4.69) is 16.6 Å². The van der Waals surface area contributed by atoms with Crippen molar-refractivity contribution < 1.29 is 19.1 Å². The Morgan fingerprint density at radius 1 is 1.11 bits per heavy atom. The van der Waals surface area contributed by atoms with Crippen molar-refractivity contribution in [3.05, 3.63) is 35.4 Å². The number of nitriles is 1. The maximum absolute atomic E-state index is 13.9. The van der Waals surface area contributed by atoms with Gasteiger partial charge in [0.1, 0.15) is 24.2 Å². The molecule has 0 spiro atoms. The molecule has 196 valence electrons. The van der Waals surface area contributed by atoms with Crippen molar-refractivity contribution in [2.75, 3.05) is 6.54 Å². The highest BCUT2D eigenvalue weighted by Crippen LogP contribution is 2.25. The van der Waals surface area contributed by atoms with Crippen molar-refractivity contribution in [1.29, 1.82) is 5.26 Å². The van der Waals surface area contributed by atoms with E-state index >= 15 is 0 Å². The van der Waals surface area contributed by atoms with Gasteiger partial charge in [-0.15, -0.1) is 6.42 Å². The van der Waals surface area contributed by atoms with Crippen LogP contribution in [-0.2, 0) is 14.3 Å². The Hall–Kier alpha value is -3.52. The Kier molecular flexibility index (Phi) is 12.0. The van der Waals surface area contributed by atoms with Gasteiger partial charge in [-0.1, -0.05) is 51.7 Å². The maximum Gasteiger partial charge on any atom is 0.408 e. The first-order valence-corrected chi connectivity index (χ1v) is 12.4. The third kappa shape index (κ3) is 9.26. The first kappa shape index (κ1) is 30.5. The van der Waals surface area contributed by atoms with Gasteiger partial charge in [-0.3, -0.25) is 9.59 Å². The van der Waals surface area contributed by atoms with Gasteiger partial charge in [-0.05, 0) is 57.7 Å². The molecule has 3 amide bonds. The number of amides is 3. The molecular weight excluding hydrogens is 456 g/mol. The molecule has 1 rings (SSSR count). The van der Waals surface area contributed by atoms with E-state index in [1.807, 2.05) is 33.8 Å². The molecule has 0 aromatic heterocycles. The van der Waals surface area contributed by atoms with Crippen LogP contribution in [-0.4, -0.2) is 47.0 Å². The van der Waals surface area contributed by atoms with Crippen LogP contribution in [0, 0.1) is 29.6 Å². The normalized spacial score (nSPS) is 14.2. The van der Waals surface area contributed by atoms with Crippen molar-refractivity contribution in [3.8, 4) is 18.4 Å². The summed E-state index contributed by atoms with van der Waals surface area (Å²) in [5.41, 5.74) is 0.384. The van der Waals surface area contributed by atoms with Gasteiger partial charge in [0.2, 0.25) is 11.8 Å². The lowest BCUT2D eigenvalue weighted by Gasteiger charge is -2.35. The molecule has 0 aliphatic rings. The highest BCUT2D eigenvalue weighted by atomic mass is 16.6. The number of carbonyl (C=O) groups is 3. The van der Waals surface area contributed by atoms with Gasteiger partial charge in [0, 0.05) is 11.6 Å². The van der Waals surface area contributed by atoms with Gasteiger partial charge in [-0.2, -0.15) is 5.26 Å². The van der Waals surface area contributed by atoms with Crippen LogP contribution in [0.3, 0.4) is 0 Å². The Labute approximate surface area is 215 Å². The fourth-order valence-electron chi connectivity index (χ4n) is 3.73. The van der Waals surface area contributed by atoms with E-state index < -0.39 is 35.6 Å². The van der Waals surface area contributed by atoms with Gasteiger partial charge in [0.25, 0.3) is 0 Å². The number of ether oxygens (including phenoxy) is 1. The zero-order valence-electron chi connectivity index (χ0n) is 22.6. The molecule has 4 atom stereocenters. The Balaban J connectivity index is 3.49. The summed E-state index contributed by atoms with van der Waals surface area (Å²) in [6.07, 6.45) is 6.95. The molecule has 8 heteroatoms. The number of nitrogens with one attached hydrogen (secondary N) is 2. The second-order valence-electron chi connectivity index (χ2n) is 10.0. The summed E-state index contributed by atoms with van der Waals surface area (Å²) in [5, 5.41) is 15.2. The molecule has 0 saturated heterocycles. The molecule has 0 radical (unpaired) electrons. The number of carbonyl (C=O) groups excluding carboxylic acids is 3. The van der Waals surface area contributed by atoms with Gasteiger partial charge in [0.15, 0.2) is 0 Å². The average molecular weight is 497 g/mol. The van der Waals surface area contributed by atoms with Gasteiger partial charge >= 0.3 is 6.09 Å². The molecule has 0 heterocycles. The standard InChI is InChI=1S/C28H40N4O4/c1-9-12-20(5)30-25(33)24(22-15-13-21(11-3)14-16-22)32(18-17-29)26(34)23(19(4)10-2)31-27(35)36-28(6,7)8/h3,13-16,19-20,23-24H,9-10,12,18H2,1-2,4-8H3,(H,30,33)(H,31,35). The largest absolute Gasteiger partial charge is 0.444 e. The molecule has 1 aromatic rings. The topological polar surface area (TPSA) is 112 Å². The molecule has 4 unspecified atom stereocenters. The third-order valence-electron chi connectivity index (χ3n) is 5.74. The minimum absolute atomic E-state index is 0.126. The van der Waals surface area contributed by atoms with Crippen LogP contribution in [0.25, 0.3) is 0 Å². The molecule has 0 aliphatic heterocycles. The molecule has 36 heavy (non-hydrogen) atoms. The lowest BCUT2D eigenvalue weighted by atomic mass is 9.95. The summed E-state index contributed by atoms with van der Waals surface area (Å²) in [6.45, 7) is 12.5. The highest BCUT2D eigenvalue weighted by molar-refractivity contribution is 5.92. The van der Waals surface area contributed by atoms with Crippen LogP contribution in [0.5, 0.6) is 0 Å². The molecular formula is C28H40N4O4. The van der Waals surface area contributed by atoms with Gasteiger partial charge in [-0.25, -0.2) is 4.79 Å². The summed E-state index contributed by atoms with van der Waals surface area (Å²) < 4.78 is 5.37. The van der Waals surface area contributed by atoms with Crippen molar-refractivity contribution >= 4 is 17.9 Å². The summed E-state index contributed by atoms with van der Waals surface area (Å²) in [7, 11) is 0. The smallest absolute Gasteiger partial charge is 0.408 e. The highest BCUT2D eigenvalue weighted by Gasteiger charge is 2.38. The van der Waals surface area contributed by atoms with Gasteiger partial charge in [0.05, 0.1) is 6.07 Å². The number of hydrogen-bond acceptors (Lipinski definition) is 5. The molecule has 2 N–H and O–H groups in total. The lowest BCUT2D eigenvalue weighted by molar-refractivity contribution is -0.143. The zero-order chi connectivity index (χ0) is 27.5. The molecule has 1 aromatic carbocycles. The lowest BCUT2D eigenvalue weighted by Crippen LogP contribution is -2.55. The first-order valence-electron chi connectivity index (χ1n) is 12.4. The van der Waals surface area contributed by atoms with Crippen LogP contribution in [0.4, 0.5) is 4.79 Å². The van der Waals surface area contributed by atoms with Gasteiger partial charge < -0.3 is 20.3 Å². The van der Waals surface area contributed by atoms with Crippen molar-refractivity contribution in [3.63, 3.8) is 0 Å². The molecule has 0 saturated carbocycles. The number of rotatable bonds is 11. The number of nitrogens with zero attached hydrogens (tertiary/aromatic N) is 2. The number of terminal acetylenes is 1. The van der Waals surface area contributed by atoms with Crippen LogP contribution in [0.1, 0.15) is 84.9 Å². The Morgan fingerprint density at radius 2 is 1.72 bits per heavy atom. The second kappa shape index (κ2) is 14.1. The first-order chi connectivity index (χ1) is 16.9. The molecule has 0 bridgehead atoms. The van der Waals surface area contributed by atoms with Crippen molar-refractivity contribution in [2.45, 2.75) is 91.5 Å². The second-order valence-corrected chi connectivity index (χ2v) is 10.0. The number of hydrogen-bond donors (Lipinski definition) is 2. The average Bonchev–Trinajstić information content (AvgIpc) is 2.80. The van der Waals surface area contributed by atoms with Crippen molar-refractivity contribution in [1.82, 2.24) is 15.5 Å². The minimum atomic E-state index is -1.09. The number of alkyl carbamates (subject to hydrolysis) is 1. The summed E-state index contributed by atoms with van der Waals surface area (Å²) in [6, 6.07) is 6.53. The fraction of sp³-hybridized carbons (Fsp3) is 0.571. The number of benzene rings is 1. The quantitative estimate of drug-likeness (QED) is 0.350. The van der Waals surface area contributed by atoms with E-state index in [9.17, 15) is 19.6 Å². The Morgan fingerprint density at radius 3 is 2.19 bits per heavy atom. The van der Waals surface area contributed by atoms with Crippen LogP contribution >= 0.6 is 0 Å². The third-order valence-corrected chi connectivity index (χ3v) is 5.74. The Bertz CT molecular complexity index is 969. The minimum Gasteiger partial charge on any atom is -0.444 e. The van der Waals surface area contributed by atoms with E-state index in [0.717, 1.165) is 12.8 Å². The summed E-state index contributed by atoms with van der Waals surface area (Å²) in [4.78, 5) is 41.2. The van der Waals surface area contributed by atoms with Crippen LogP contribution in [0.15, 0.2) is 24.3 Å². The molecule has 0 aliphatic carbocycles. The predicted molar refractivity (Wildman–Crippen MR) is 140 cm³/mol.